The lowest BCUT2D eigenvalue weighted by Crippen LogP contribution is -2.44. The van der Waals surface area contributed by atoms with Crippen LogP contribution in [0.3, 0.4) is 0 Å². The monoisotopic (exact) mass is 313 g/mol. The van der Waals surface area contributed by atoms with E-state index in [4.69, 9.17) is 16.3 Å². The molecule has 0 aromatic heterocycles. The van der Waals surface area contributed by atoms with Crippen LogP contribution in [0.15, 0.2) is 18.2 Å². The summed E-state index contributed by atoms with van der Waals surface area (Å²) in [5.41, 5.74) is 0.954. The molecule has 0 aliphatic heterocycles. The highest BCUT2D eigenvalue weighted by molar-refractivity contribution is 6.31. The van der Waals surface area contributed by atoms with Gasteiger partial charge in [0.25, 0.3) is 0 Å². The summed E-state index contributed by atoms with van der Waals surface area (Å²) < 4.78 is 5.06. The van der Waals surface area contributed by atoms with E-state index in [2.05, 4.69) is 5.32 Å². The fourth-order valence-electron chi connectivity index (χ4n) is 1.69. The number of nitrogens with one attached hydrogen (secondary N) is 1. The molecule has 2 N–H and O–H groups in total. The first-order valence-corrected chi connectivity index (χ1v) is 6.93. The van der Waals surface area contributed by atoms with Gasteiger partial charge in [0.15, 0.2) is 0 Å². The van der Waals surface area contributed by atoms with Gasteiger partial charge in [0.2, 0.25) is 0 Å². The molecular formula is C15H20ClNO4. The van der Waals surface area contributed by atoms with Crippen molar-refractivity contribution < 1.29 is 19.4 Å². The maximum Gasteiger partial charge on any atom is 0.408 e. The van der Waals surface area contributed by atoms with Crippen LogP contribution in [0.4, 0.5) is 4.79 Å². The smallest absolute Gasteiger partial charge is 0.408 e. The van der Waals surface area contributed by atoms with Crippen molar-refractivity contribution in [1.29, 1.82) is 0 Å². The number of aryl methyl sites for hydroxylation is 1. The van der Waals surface area contributed by atoms with Crippen molar-refractivity contribution in [1.82, 2.24) is 5.32 Å². The number of alkyl carbamates (subject to hydrolysis) is 1. The number of amides is 1. The Balaban J connectivity index is 2.79. The van der Waals surface area contributed by atoms with Gasteiger partial charge in [0, 0.05) is 11.4 Å². The van der Waals surface area contributed by atoms with Crippen LogP contribution >= 0.6 is 11.6 Å². The van der Waals surface area contributed by atoms with E-state index in [1.54, 1.807) is 32.9 Å². The normalized spacial score (nSPS) is 12.6. The Morgan fingerprint density at radius 3 is 2.48 bits per heavy atom. The maximum atomic E-state index is 11.7. The predicted octanol–water partition coefficient (Wildman–Crippen LogP) is 3.17. The number of carboxylic acids is 1. The molecule has 1 rings (SSSR count). The number of carboxylic acid groups (broad SMARTS) is 1. The summed E-state index contributed by atoms with van der Waals surface area (Å²) in [6.45, 7) is 7.01. The Hall–Kier alpha value is -1.75. The van der Waals surface area contributed by atoms with Crippen LogP contribution in [0.2, 0.25) is 5.02 Å². The number of hydrogen-bond donors (Lipinski definition) is 2. The lowest BCUT2D eigenvalue weighted by molar-refractivity contribution is -0.139. The van der Waals surface area contributed by atoms with Crippen LogP contribution in [0.5, 0.6) is 0 Å². The number of benzene rings is 1. The Labute approximate surface area is 129 Å². The van der Waals surface area contributed by atoms with Crippen LogP contribution in [-0.4, -0.2) is 28.8 Å². The maximum absolute atomic E-state index is 11.7. The van der Waals surface area contributed by atoms with Gasteiger partial charge in [-0.1, -0.05) is 23.7 Å². The number of carbonyl (C=O) groups excluding carboxylic acids is 1. The standard InChI is InChI=1S/C15H20ClNO4/c1-9-5-6-10(11(16)7-9)8-12(13(18)19)17-14(20)21-15(2,3)4/h5-7,12H,8H2,1-4H3,(H,17,20)(H,18,19)/t12-/m1/s1. The van der Waals surface area contributed by atoms with E-state index >= 15 is 0 Å². The van der Waals surface area contributed by atoms with E-state index in [0.717, 1.165) is 5.56 Å². The summed E-state index contributed by atoms with van der Waals surface area (Å²) in [6, 6.07) is 4.25. The number of carbonyl (C=O) groups is 2. The van der Waals surface area contributed by atoms with E-state index in [9.17, 15) is 14.7 Å². The van der Waals surface area contributed by atoms with Crippen LogP contribution in [0, 0.1) is 6.92 Å². The largest absolute Gasteiger partial charge is 0.480 e. The minimum Gasteiger partial charge on any atom is -0.480 e. The van der Waals surface area contributed by atoms with Gasteiger partial charge in [-0.2, -0.15) is 0 Å². The minimum absolute atomic E-state index is 0.0910. The number of halogens is 1. The Bertz CT molecular complexity index is 537. The highest BCUT2D eigenvalue weighted by Crippen LogP contribution is 2.19. The quantitative estimate of drug-likeness (QED) is 0.895. The van der Waals surface area contributed by atoms with E-state index in [0.29, 0.717) is 10.6 Å². The minimum atomic E-state index is -1.14. The molecule has 0 aliphatic rings. The fraction of sp³-hybridized carbons (Fsp3) is 0.467. The van der Waals surface area contributed by atoms with Crippen molar-refractivity contribution in [2.24, 2.45) is 0 Å². The lowest BCUT2D eigenvalue weighted by atomic mass is 10.0. The molecule has 0 heterocycles. The zero-order valence-corrected chi connectivity index (χ0v) is 13.3. The highest BCUT2D eigenvalue weighted by atomic mass is 35.5. The molecule has 0 saturated heterocycles. The molecule has 116 valence electrons. The van der Waals surface area contributed by atoms with E-state index in [-0.39, 0.29) is 6.42 Å². The summed E-state index contributed by atoms with van der Waals surface area (Å²) in [6.07, 6.45) is -0.675. The van der Waals surface area contributed by atoms with Gasteiger partial charge in [-0.15, -0.1) is 0 Å². The topological polar surface area (TPSA) is 75.6 Å². The second kappa shape index (κ2) is 6.80. The summed E-state index contributed by atoms with van der Waals surface area (Å²) >= 11 is 6.08. The summed E-state index contributed by atoms with van der Waals surface area (Å²) in [5, 5.41) is 12.0. The van der Waals surface area contributed by atoms with Gasteiger partial charge in [-0.05, 0) is 44.9 Å². The average Bonchev–Trinajstić information content (AvgIpc) is 2.28. The molecule has 0 radical (unpaired) electrons. The van der Waals surface area contributed by atoms with Crippen molar-refractivity contribution in [3.05, 3.63) is 34.3 Å². The average molecular weight is 314 g/mol. The van der Waals surface area contributed by atoms with Crippen molar-refractivity contribution >= 4 is 23.7 Å². The molecule has 0 saturated carbocycles. The Kier molecular flexibility index (Phi) is 5.61. The molecule has 6 heteroatoms. The second-order valence-corrected chi connectivity index (χ2v) is 6.24. The van der Waals surface area contributed by atoms with E-state index in [1.165, 1.54) is 0 Å². The van der Waals surface area contributed by atoms with Crippen molar-refractivity contribution in [3.63, 3.8) is 0 Å². The molecule has 1 aromatic rings. The predicted molar refractivity (Wildman–Crippen MR) is 80.7 cm³/mol. The number of rotatable bonds is 4. The number of hydrogen-bond acceptors (Lipinski definition) is 3. The fourth-order valence-corrected chi connectivity index (χ4v) is 2.00. The van der Waals surface area contributed by atoms with E-state index in [1.807, 2.05) is 13.0 Å². The second-order valence-electron chi connectivity index (χ2n) is 5.84. The summed E-state index contributed by atoms with van der Waals surface area (Å²) in [7, 11) is 0. The lowest BCUT2D eigenvalue weighted by Gasteiger charge is -2.22. The van der Waals surface area contributed by atoms with Crippen LogP contribution in [-0.2, 0) is 16.0 Å². The van der Waals surface area contributed by atoms with Crippen molar-refractivity contribution in [2.45, 2.75) is 45.8 Å². The zero-order valence-electron chi connectivity index (χ0n) is 12.6. The summed E-state index contributed by atoms with van der Waals surface area (Å²) in [5.74, 6) is -1.14. The van der Waals surface area contributed by atoms with Gasteiger partial charge >= 0.3 is 12.1 Å². The molecule has 0 fully saturated rings. The Morgan fingerprint density at radius 2 is 2.00 bits per heavy atom. The first kappa shape index (κ1) is 17.3. The first-order chi connectivity index (χ1) is 9.58. The zero-order chi connectivity index (χ0) is 16.2. The van der Waals surface area contributed by atoms with Gasteiger partial charge in [0.1, 0.15) is 11.6 Å². The third-order valence-electron chi connectivity index (χ3n) is 2.62. The molecule has 1 aromatic carbocycles. The molecule has 21 heavy (non-hydrogen) atoms. The van der Waals surface area contributed by atoms with Gasteiger partial charge in [0.05, 0.1) is 0 Å². The molecule has 0 aliphatic carbocycles. The SMILES string of the molecule is Cc1ccc(C[C@@H](NC(=O)OC(C)(C)C)C(=O)O)c(Cl)c1. The van der Waals surface area contributed by atoms with Gasteiger partial charge in [-0.25, -0.2) is 9.59 Å². The van der Waals surface area contributed by atoms with Crippen molar-refractivity contribution in [2.75, 3.05) is 0 Å². The van der Waals surface area contributed by atoms with Crippen LogP contribution < -0.4 is 5.32 Å². The highest BCUT2D eigenvalue weighted by Gasteiger charge is 2.24. The van der Waals surface area contributed by atoms with Gasteiger partial charge < -0.3 is 15.2 Å². The molecule has 0 unspecified atom stereocenters. The summed E-state index contributed by atoms with van der Waals surface area (Å²) in [4.78, 5) is 22.9. The molecule has 0 spiro atoms. The molecule has 1 atom stereocenters. The van der Waals surface area contributed by atoms with E-state index < -0.39 is 23.7 Å². The van der Waals surface area contributed by atoms with Crippen LogP contribution in [0.25, 0.3) is 0 Å². The third kappa shape index (κ3) is 6.04. The third-order valence-corrected chi connectivity index (χ3v) is 2.97. The number of ether oxygens (including phenoxy) is 1. The van der Waals surface area contributed by atoms with Crippen molar-refractivity contribution in [3.8, 4) is 0 Å². The molecule has 1 amide bonds. The molecule has 5 nitrogen and oxygen atoms in total. The van der Waals surface area contributed by atoms with Crippen LogP contribution in [0.1, 0.15) is 31.9 Å². The molecule has 0 bridgehead atoms. The number of aliphatic carboxylic acids is 1. The molecular weight excluding hydrogens is 294 g/mol. The first-order valence-electron chi connectivity index (χ1n) is 6.56. The van der Waals surface area contributed by atoms with Gasteiger partial charge in [-0.3, -0.25) is 0 Å². The Morgan fingerprint density at radius 1 is 1.38 bits per heavy atom.